The van der Waals surface area contributed by atoms with Crippen LogP contribution in [0, 0.1) is 0 Å². The van der Waals surface area contributed by atoms with Crippen LogP contribution in [0.4, 0.5) is 5.69 Å². The molecule has 1 amide bonds. The minimum Gasteiger partial charge on any atom is -0.495 e. The van der Waals surface area contributed by atoms with Crippen LogP contribution in [-0.2, 0) is 4.79 Å². The van der Waals surface area contributed by atoms with Gasteiger partial charge < -0.3 is 19.5 Å². The largest absolute Gasteiger partial charge is 0.495 e. The van der Waals surface area contributed by atoms with Crippen molar-refractivity contribution in [3.63, 3.8) is 0 Å². The van der Waals surface area contributed by atoms with Crippen molar-refractivity contribution >= 4 is 34.8 Å². The summed E-state index contributed by atoms with van der Waals surface area (Å²) in [7, 11) is 2.99. The summed E-state index contributed by atoms with van der Waals surface area (Å²) < 4.78 is 16.0. The van der Waals surface area contributed by atoms with Crippen LogP contribution < -0.4 is 19.5 Å². The zero-order valence-electron chi connectivity index (χ0n) is 13.4. The quantitative estimate of drug-likeness (QED) is 0.818. The van der Waals surface area contributed by atoms with Crippen LogP contribution in [0.15, 0.2) is 36.4 Å². The number of rotatable bonds is 6. The van der Waals surface area contributed by atoms with Gasteiger partial charge in [0.05, 0.1) is 24.9 Å². The second-order valence-electron chi connectivity index (χ2n) is 4.89. The highest BCUT2D eigenvalue weighted by Gasteiger charge is 2.18. The number of ether oxygens (including phenoxy) is 3. The predicted octanol–water partition coefficient (Wildman–Crippen LogP) is 4.42. The number of benzene rings is 2. The number of hydrogen-bond acceptors (Lipinski definition) is 4. The number of hydrogen-bond donors (Lipinski definition) is 1. The first kappa shape index (κ1) is 18.2. The summed E-state index contributed by atoms with van der Waals surface area (Å²) >= 11 is 12.0. The van der Waals surface area contributed by atoms with Crippen LogP contribution in [0.5, 0.6) is 17.2 Å². The Labute approximate surface area is 150 Å². The Morgan fingerprint density at radius 1 is 1.08 bits per heavy atom. The lowest BCUT2D eigenvalue weighted by Crippen LogP contribution is -2.30. The van der Waals surface area contributed by atoms with Crippen LogP contribution in [0.1, 0.15) is 6.92 Å². The van der Waals surface area contributed by atoms with Crippen LogP contribution in [0.2, 0.25) is 10.0 Å². The van der Waals surface area contributed by atoms with Crippen molar-refractivity contribution in [2.45, 2.75) is 13.0 Å². The van der Waals surface area contributed by atoms with Gasteiger partial charge in [0, 0.05) is 11.1 Å². The van der Waals surface area contributed by atoms with E-state index in [-0.39, 0.29) is 5.91 Å². The number of carbonyl (C=O) groups excluding carboxylic acids is 1. The third kappa shape index (κ3) is 4.46. The molecular formula is C17H17Cl2NO4. The van der Waals surface area contributed by atoms with Crippen molar-refractivity contribution in [3.8, 4) is 17.2 Å². The number of nitrogens with one attached hydrogen (secondary N) is 1. The molecule has 1 atom stereocenters. The molecule has 2 aromatic carbocycles. The molecule has 0 unspecified atom stereocenters. The topological polar surface area (TPSA) is 56.8 Å². The highest BCUT2D eigenvalue weighted by atomic mass is 35.5. The monoisotopic (exact) mass is 369 g/mol. The van der Waals surface area contributed by atoms with E-state index in [0.717, 1.165) is 0 Å². The minimum atomic E-state index is -0.742. The van der Waals surface area contributed by atoms with E-state index in [1.165, 1.54) is 14.2 Å². The molecule has 5 nitrogen and oxygen atoms in total. The predicted molar refractivity (Wildman–Crippen MR) is 94.7 cm³/mol. The van der Waals surface area contributed by atoms with Gasteiger partial charge >= 0.3 is 0 Å². The lowest BCUT2D eigenvalue weighted by molar-refractivity contribution is -0.122. The molecule has 0 heterocycles. The van der Waals surface area contributed by atoms with Gasteiger partial charge in [-0.2, -0.15) is 0 Å². The Bertz CT molecular complexity index is 737. The maximum Gasteiger partial charge on any atom is 0.265 e. The highest BCUT2D eigenvalue weighted by Crippen LogP contribution is 2.36. The zero-order valence-corrected chi connectivity index (χ0v) is 14.9. The molecule has 0 bridgehead atoms. The van der Waals surface area contributed by atoms with E-state index < -0.39 is 6.10 Å². The molecule has 1 N–H and O–H groups in total. The molecule has 128 valence electrons. The van der Waals surface area contributed by atoms with Crippen molar-refractivity contribution in [1.29, 1.82) is 0 Å². The molecule has 2 rings (SSSR count). The first-order valence-corrected chi connectivity index (χ1v) is 7.84. The van der Waals surface area contributed by atoms with E-state index in [2.05, 4.69) is 5.32 Å². The molecule has 0 aliphatic carbocycles. The second kappa shape index (κ2) is 8.13. The van der Waals surface area contributed by atoms with Crippen molar-refractivity contribution in [2.24, 2.45) is 0 Å². The Morgan fingerprint density at radius 2 is 1.79 bits per heavy atom. The fourth-order valence-electron chi connectivity index (χ4n) is 1.99. The van der Waals surface area contributed by atoms with Crippen LogP contribution in [0.25, 0.3) is 0 Å². The zero-order chi connectivity index (χ0) is 17.7. The Hall–Kier alpha value is -2.11. The molecule has 0 fully saturated rings. The van der Waals surface area contributed by atoms with Crippen molar-refractivity contribution in [1.82, 2.24) is 0 Å². The summed E-state index contributed by atoms with van der Waals surface area (Å²) in [5.74, 6) is 1.04. The maximum absolute atomic E-state index is 12.3. The number of carbonyl (C=O) groups is 1. The fraction of sp³-hybridized carbons (Fsp3) is 0.235. The highest BCUT2D eigenvalue weighted by molar-refractivity contribution is 6.32. The van der Waals surface area contributed by atoms with Gasteiger partial charge in [0.1, 0.15) is 17.2 Å². The lowest BCUT2D eigenvalue weighted by Gasteiger charge is -2.17. The average molecular weight is 370 g/mol. The second-order valence-corrected chi connectivity index (χ2v) is 5.74. The first-order valence-electron chi connectivity index (χ1n) is 7.09. The number of halogens is 2. The van der Waals surface area contributed by atoms with Gasteiger partial charge in [-0.1, -0.05) is 29.3 Å². The van der Waals surface area contributed by atoms with Crippen molar-refractivity contribution in [3.05, 3.63) is 46.4 Å². The molecule has 0 aromatic heterocycles. The van der Waals surface area contributed by atoms with Crippen LogP contribution in [-0.4, -0.2) is 26.2 Å². The maximum atomic E-state index is 12.3. The van der Waals surface area contributed by atoms with Crippen LogP contribution in [0.3, 0.4) is 0 Å². The molecule has 2 aromatic rings. The van der Waals surface area contributed by atoms with Gasteiger partial charge in [0.25, 0.3) is 5.91 Å². The summed E-state index contributed by atoms with van der Waals surface area (Å²) in [5, 5.41) is 3.62. The van der Waals surface area contributed by atoms with E-state index in [9.17, 15) is 4.79 Å². The number of anilines is 1. The number of methoxy groups -OCH3 is 2. The molecule has 0 saturated carbocycles. The lowest BCUT2D eigenvalue weighted by atomic mass is 10.2. The van der Waals surface area contributed by atoms with Gasteiger partial charge in [-0.3, -0.25) is 4.79 Å². The van der Waals surface area contributed by atoms with Crippen LogP contribution >= 0.6 is 23.2 Å². The Kier molecular flexibility index (Phi) is 6.17. The third-order valence-electron chi connectivity index (χ3n) is 3.21. The summed E-state index contributed by atoms with van der Waals surface area (Å²) in [6.45, 7) is 1.63. The summed E-state index contributed by atoms with van der Waals surface area (Å²) in [4.78, 5) is 12.3. The van der Waals surface area contributed by atoms with Crippen molar-refractivity contribution in [2.75, 3.05) is 19.5 Å². The smallest absolute Gasteiger partial charge is 0.265 e. The fourth-order valence-corrected chi connectivity index (χ4v) is 2.41. The van der Waals surface area contributed by atoms with E-state index in [1.807, 2.05) is 0 Å². The molecule has 0 saturated heterocycles. The van der Waals surface area contributed by atoms with Gasteiger partial charge in [-0.25, -0.2) is 0 Å². The average Bonchev–Trinajstić information content (AvgIpc) is 2.55. The summed E-state index contributed by atoms with van der Waals surface area (Å²) in [6, 6.07) is 9.98. The van der Waals surface area contributed by atoms with E-state index in [4.69, 9.17) is 37.4 Å². The van der Waals surface area contributed by atoms with Gasteiger partial charge in [-0.05, 0) is 31.2 Å². The molecule has 24 heavy (non-hydrogen) atoms. The standard InChI is InChI=1S/C17H17Cl2NO4/c1-10(24-12-6-4-5-11(18)7-12)17(21)20-14-8-13(19)15(22-2)9-16(14)23-3/h4-10H,1-3H3,(H,20,21)/t10-/m0/s1. The molecule has 7 heteroatoms. The molecule has 0 spiro atoms. The normalized spacial score (nSPS) is 11.5. The third-order valence-corrected chi connectivity index (χ3v) is 3.74. The summed E-state index contributed by atoms with van der Waals surface area (Å²) in [5.41, 5.74) is 0.426. The van der Waals surface area contributed by atoms with E-state index in [1.54, 1.807) is 43.3 Å². The van der Waals surface area contributed by atoms with E-state index in [0.29, 0.717) is 33.0 Å². The van der Waals surface area contributed by atoms with E-state index >= 15 is 0 Å². The molecule has 0 aliphatic heterocycles. The SMILES string of the molecule is COc1cc(OC)c(NC(=O)[C@H](C)Oc2cccc(Cl)c2)cc1Cl. The molecule has 0 radical (unpaired) electrons. The summed E-state index contributed by atoms with van der Waals surface area (Å²) in [6.07, 6.45) is -0.742. The number of amides is 1. The first-order chi connectivity index (χ1) is 11.4. The Balaban J connectivity index is 2.12. The van der Waals surface area contributed by atoms with Gasteiger partial charge in [0.15, 0.2) is 6.10 Å². The van der Waals surface area contributed by atoms with Gasteiger partial charge in [0.2, 0.25) is 0 Å². The molecular weight excluding hydrogens is 353 g/mol. The Morgan fingerprint density at radius 3 is 2.42 bits per heavy atom. The minimum absolute atomic E-state index is 0.352. The van der Waals surface area contributed by atoms with Crippen molar-refractivity contribution < 1.29 is 19.0 Å². The molecule has 0 aliphatic rings. The van der Waals surface area contributed by atoms with Gasteiger partial charge in [-0.15, -0.1) is 0 Å².